The predicted octanol–water partition coefficient (Wildman–Crippen LogP) is -0.0511. The van der Waals surface area contributed by atoms with Crippen LogP contribution in [-0.2, 0) is 16.0 Å². The van der Waals surface area contributed by atoms with Gasteiger partial charge in [0, 0.05) is 6.07 Å². The van der Waals surface area contributed by atoms with Crippen LogP contribution in [0.25, 0.3) is 0 Å². The van der Waals surface area contributed by atoms with Crippen molar-refractivity contribution in [2.75, 3.05) is 6.54 Å². The van der Waals surface area contributed by atoms with Crippen LogP contribution in [0.3, 0.4) is 0 Å². The molecule has 0 fully saturated rings. The fourth-order valence-corrected chi connectivity index (χ4v) is 1.07. The molecular formula is C11H14F2N2O4. The smallest absolute Gasteiger partial charge is 0.320 e. The van der Waals surface area contributed by atoms with Crippen LogP contribution < -0.4 is 11.5 Å². The molecule has 0 aliphatic heterocycles. The number of hydrogen-bond acceptors (Lipinski definition) is 4. The second kappa shape index (κ2) is 8.11. The second-order valence-electron chi connectivity index (χ2n) is 3.52. The summed E-state index contributed by atoms with van der Waals surface area (Å²) in [5, 5.41) is 16.1. The monoisotopic (exact) mass is 276 g/mol. The van der Waals surface area contributed by atoms with Gasteiger partial charge in [0.2, 0.25) is 0 Å². The Labute approximate surface area is 107 Å². The Kier molecular flexibility index (Phi) is 7.23. The highest BCUT2D eigenvalue weighted by Crippen LogP contribution is 2.09. The first-order valence-corrected chi connectivity index (χ1v) is 5.11. The first-order chi connectivity index (χ1) is 8.76. The van der Waals surface area contributed by atoms with Gasteiger partial charge in [-0.2, -0.15) is 0 Å². The molecule has 0 aromatic heterocycles. The molecule has 0 heterocycles. The molecule has 0 amide bonds. The zero-order valence-electron chi connectivity index (χ0n) is 9.85. The maximum Gasteiger partial charge on any atom is 0.320 e. The van der Waals surface area contributed by atoms with E-state index in [2.05, 4.69) is 5.73 Å². The van der Waals surface area contributed by atoms with E-state index in [4.69, 9.17) is 15.9 Å². The largest absolute Gasteiger partial charge is 0.480 e. The molecule has 0 spiro atoms. The molecule has 19 heavy (non-hydrogen) atoms. The van der Waals surface area contributed by atoms with E-state index in [1.807, 2.05) is 0 Å². The molecule has 0 saturated heterocycles. The van der Waals surface area contributed by atoms with E-state index >= 15 is 0 Å². The average molecular weight is 276 g/mol. The van der Waals surface area contributed by atoms with Crippen molar-refractivity contribution in [3.05, 3.63) is 35.4 Å². The van der Waals surface area contributed by atoms with Gasteiger partial charge < -0.3 is 21.7 Å². The lowest BCUT2D eigenvalue weighted by molar-refractivity contribution is -0.138. The van der Waals surface area contributed by atoms with Crippen LogP contribution in [0.1, 0.15) is 5.56 Å². The fraction of sp³-hybridized carbons (Fsp3) is 0.273. The number of rotatable bonds is 4. The minimum Gasteiger partial charge on any atom is -0.480 e. The number of carboxylic acid groups (broad SMARTS) is 2. The van der Waals surface area contributed by atoms with E-state index < -0.39 is 29.6 Å². The minimum atomic E-state index is -1.20. The van der Waals surface area contributed by atoms with E-state index in [9.17, 15) is 18.4 Å². The van der Waals surface area contributed by atoms with Crippen LogP contribution in [0.2, 0.25) is 0 Å². The standard InChI is InChI=1S/C9H9F2NO2.C2H5NO2/c10-6-1-5(2-7(11)4-6)3-8(12)9(13)14;3-1-2(4)5/h1-2,4,8H,3,12H2,(H,13,14);1,3H2,(H,4,5). The van der Waals surface area contributed by atoms with Crippen LogP contribution >= 0.6 is 0 Å². The highest BCUT2D eigenvalue weighted by atomic mass is 19.1. The van der Waals surface area contributed by atoms with Crippen molar-refractivity contribution >= 4 is 11.9 Å². The summed E-state index contributed by atoms with van der Waals surface area (Å²) in [5.41, 5.74) is 10.0. The van der Waals surface area contributed by atoms with Gasteiger partial charge in [-0.15, -0.1) is 0 Å². The van der Waals surface area contributed by atoms with Crippen LogP contribution in [0.4, 0.5) is 8.78 Å². The van der Waals surface area contributed by atoms with Gasteiger partial charge in [-0.1, -0.05) is 0 Å². The van der Waals surface area contributed by atoms with Crippen molar-refractivity contribution in [2.24, 2.45) is 11.5 Å². The molecule has 0 aliphatic carbocycles. The second-order valence-corrected chi connectivity index (χ2v) is 3.52. The molecule has 106 valence electrons. The average Bonchev–Trinajstić information content (AvgIpc) is 2.28. The van der Waals surface area contributed by atoms with Gasteiger partial charge in [0.15, 0.2) is 0 Å². The van der Waals surface area contributed by atoms with Crippen molar-refractivity contribution in [2.45, 2.75) is 12.5 Å². The first kappa shape index (κ1) is 16.9. The van der Waals surface area contributed by atoms with E-state index in [0.29, 0.717) is 0 Å². The Morgan fingerprint density at radius 1 is 1.16 bits per heavy atom. The topological polar surface area (TPSA) is 127 Å². The highest BCUT2D eigenvalue weighted by molar-refractivity contribution is 5.73. The summed E-state index contributed by atoms with van der Waals surface area (Å²) in [5.74, 6) is -3.64. The van der Waals surface area contributed by atoms with Crippen molar-refractivity contribution in [1.29, 1.82) is 0 Å². The molecule has 1 unspecified atom stereocenters. The van der Waals surface area contributed by atoms with Gasteiger partial charge in [0.25, 0.3) is 0 Å². The Morgan fingerprint density at radius 2 is 1.58 bits per heavy atom. The summed E-state index contributed by atoms with van der Waals surface area (Å²) in [6.45, 7) is -0.278. The molecule has 1 aromatic rings. The van der Waals surface area contributed by atoms with Crippen molar-refractivity contribution < 1.29 is 28.6 Å². The number of carbonyl (C=O) groups is 2. The van der Waals surface area contributed by atoms with Crippen molar-refractivity contribution in [3.63, 3.8) is 0 Å². The molecule has 1 aromatic carbocycles. The molecule has 0 bridgehead atoms. The summed E-state index contributed by atoms with van der Waals surface area (Å²) < 4.78 is 25.3. The van der Waals surface area contributed by atoms with Gasteiger partial charge in [0.05, 0.1) is 6.54 Å². The quantitative estimate of drug-likeness (QED) is 0.610. The summed E-state index contributed by atoms with van der Waals surface area (Å²) >= 11 is 0. The number of nitrogens with two attached hydrogens (primary N) is 2. The normalized spacial score (nSPS) is 11.2. The van der Waals surface area contributed by atoms with Gasteiger partial charge in [-0.05, 0) is 24.1 Å². The Hall–Kier alpha value is -2.06. The zero-order valence-corrected chi connectivity index (χ0v) is 9.85. The number of carboxylic acids is 2. The summed E-state index contributed by atoms with van der Waals surface area (Å²) in [7, 11) is 0. The summed E-state index contributed by atoms with van der Waals surface area (Å²) in [4.78, 5) is 19.6. The third-order valence-corrected chi connectivity index (χ3v) is 1.87. The Balaban J connectivity index is 0.000000555. The lowest BCUT2D eigenvalue weighted by Gasteiger charge is -2.06. The van der Waals surface area contributed by atoms with Gasteiger partial charge >= 0.3 is 11.9 Å². The highest BCUT2D eigenvalue weighted by Gasteiger charge is 2.13. The third kappa shape index (κ3) is 7.79. The van der Waals surface area contributed by atoms with E-state index in [1.165, 1.54) is 0 Å². The lowest BCUT2D eigenvalue weighted by Crippen LogP contribution is -2.32. The van der Waals surface area contributed by atoms with Gasteiger partial charge in [-0.3, -0.25) is 9.59 Å². The fourth-order valence-electron chi connectivity index (χ4n) is 1.07. The van der Waals surface area contributed by atoms with Crippen molar-refractivity contribution in [3.8, 4) is 0 Å². The molecule has 0 aliphatic rings. The first-order valence-electron chi connectivity index (χ1n) is 5.11. The lowest BCUT2D eigenvalue weighted by atomic mass is 10.1. The number of halogens is 2. The molecule has 0 radical (unpaired) electrons. The van der Waals surface area contributed by atoms with Crippen LogP contribution in [-0.4, -0.2) is 34.7 Å². The summed E-state index contributed by atoms with van der Waals surface area (Å²) in [6, 6.07) is 1.70. The molecule has 6 nitrogen and oxygen atoms in total. The van der Waals surface area contributed by atoms with Crippen LogP contribution in [0.5, 0.6) is 0 Å². The number of hydrogen-bond donors (Lipinski definition) is 4. The van der Waals surface area contributed by atoms with E-state index in [1.54, 1.807) is 0 Å². The number of benzene rings is 1. The molecule has 0 saturated carbocycles. The van der Waals surface area contributed by atoms with E-state index in [-0.39, 0.29) is 18.5 Å². The molecular weight excluding hydrogens is 262 g/mol. The minimum absolute atomic E-state index is 0.0932. The molecule has 1 atom stereocenters. The number of aliphatic carboxylic acids is 2. The molecule has 1 rings (SSSR count). The maximum atomic E-state index is 12.7. The van der Waals surface area contributed by atoms with Crippen molar-refractivity contribution in [1.82, 2.24) is 0 Å². The Morgan fingerprint density at radius 3 is 1.89 bits per heavy atom. The predicted molar refractivity (Wildman–Crippen MR) is 62.4 cm³/mol. The third-order valence-electron chi connectivity index (χ3n) is 1.87. The van der Waals surface area contributed by atoms with Gasteiger partial charge in [0.1, 0.15) is 17.7 Å². The maximum absolute atomic E-state index is 12.7. The Bertz CT molecular complexity index is 434. The van der Waals surface area contributed by atoms with Gasteiger partial charge in [-0.25, -0.2) is 8.78 Å². The zero-order chi connectivity index (χ0) is 15.0. The molecule has 6 N–H and O–H groups in total. The molecule has 8 heteroatoms. The van der Waals surface area contributed by atoms with Crippen LogP contribution in [0, 0.1) is 11.6 Å². The van der Waals surface area contributed by atoms with E-state index in [0.717, 1.165) is 18.2 Å². The summed E-state index contributed by atoms with van der Waals surface area (Å²) in [6.07, 6.45) is -0.0932. The SMILES string of the molecule is NC(Cc1cc(F)cc(F)c1)C(=O)O.NCC(=O)O. The van der Waals surface area contributed by atoms with Crippen LogP contribution in [0.15, 0.2) is 18.2 Å².